The molecule has 0 radical (unpaired) electrons. The van der Waals surface area contributed by atoms with E-state index in [1.165, 1.54) is 17.7 Å². The monoisotopic (exact) mass is 327 g/mol. The smallest absolute Gasteiger partial charge is 0.215 e. The number of rotatable bonds is 3. The molecule has 1 aliphatic rings. The zero-order valence-corrected chi connectivity index (χ0v) is 13.2. The molecule has 0 saturated heterocycles. The first kappa shape index (κ1) is 13.4. The molecule has 0 fully saturated rings. The molecule has 5 nitrogen and oxygen atoms in total. The fraction of sp³-hybridized carbons (Fsp3) is 0.0667. The molecule has 1 aliphatic heterocycles. The van der Waals surface area contributed by atoms with E-state index in [2.05, 4.69) is 33.1 Å². The van der Waals surface area contributed by atoms with Gasteiger partial charge in [-0.3, -0.25) is 5.10 Å². The first-order valence-electron chi connectivity index (χ1n) is 6.85. The predicted molar refractivity (Wildman–Crippen MR) is 92.2 cm³/mol. The summed E-state index contributed by atoms with van der Waals surface area (Å²) in [7, 11) is 0. The van der Waals surface area contributed by atoms with Gasteiger partial charge in [0, 0.05) is 6.42 Å². The topological polar surface area (TPSA) is 48.9 Å². The fourth-order valence-electron chi connectivity index (χ4n) is 2.42. The Kier molecular flexibility index (Phi) is 3.36. The Morgan fingerprint density at radius 2 is 1.82 bits per heavy atom. The molecule has 110 valence electrons. The highest BCUT2D eigenvalue weighted by Gasteiger charge is 2.24. The largest absolute Gasteiger partial charge is 0.308 e. The minimum Gasteiger partial charge on any atom is -0.308 e. The van der Waals surface area contributed by atoms with Gasteiger partial charge in [0.25, 0.3) is 0 Å². The van der Waals surface area contributed by atoms with Gasteiger partial charge in [-0.05, 0) is 29.9 Å². The van der Waals surface area contributed by atoms with Gasteiger partial charge in [-0.2, -0.15) is 14.2 Å². The number of aromatic amines is 1. The molecule has 0 bridgehead atoms. The molecular weight excluding hydrogens is 314 g/mol. The van der Waals surface area contributed by atoms with E-state index in [1.807, 2.05) is 45.5 Å². The number of nitrogens with one attached hydrogen (secondary N) is 2. The van der Waals surface area contributed by atoms with E-state index < -0.39 is 0 Å². The molecule has 0 amide bonds. The van der Waals surface area contributed by atoms with Crippen LogP contribution >= 0.6 is 24.4 Å². The highest BCUT2D eigenvalue weighted by molar-refractivity contribution is 8.02. The maximum atomic E-state index is 5.42. The third-order valence-electron chi connectivity index (χ3n) is 3.46. The number of aromatic nitrogens is 3. The predicted octanol–water partition coefficient (Wildman–Crippen LogP) is 3.79. The summed E-state index contributed by atoms with van der Waals surface area (Å²) in [6.07, 6.45) is 0.715. The number of anilines is 2. The van der Waals surface area contributed by atoms with E-state index >= 15 is 0 Å². The van der Waals surface area contributed by atoms with Crippen molar-refractivity contribution >= 4 is 35.7 Å². The highest BCUT2D eigenvalue weighted by Crippen LogP contribution is 2.39. The molecule has 0 saturated carbocycles. The molecular formula is C15H13N5S2. The van der Waals surface area contributed by atoms with Crippen LogP contribution in [0.4, 0.5) is 11.4 Å². The Balaban J connectivity index is 1.74. The lowest BCUT2D eigenvalue weighted by molar-refractivity contribution is 0.794. The molecule has 1 aromatic heterocycles. The zero-order valence-electron chi connectivity index (χ0n) is 11.6. The summed E-state index contributed by atoms with van der Waals surface area (Å²) >= 11 is 6.90. The number of hydrogen-bond donors (Lipinski definition) is 2. The van der Waals surface area contributed by atoms with Crippen LogP contribution in [0.3, 0.4) is 0 Å². The Morgan fingerprint density at radius 3 is 2.68 bits per heavy atom. The standard InChI is InChI=1S/C15H13N5S2/c21-15-17-16-14(10-11-6-2-1-3-7-11)19(15)20-13-9-5-4-8-12(13)18-22-20/h1-9,18H,10H2,(H,17,21). The molecule has 0 spiro atoms. The van der Waals surface area contributed by atoms with Crippen molar-refractivity contribution in [3.8, 4) is 0 Å². The van der Waals surface area contributed by atoms with Crippen LogP contribution in [0.25, 0.3) is 0 Å². The second kappa shape index (κ2) is 5.51. The molecule has 2 aromatic carbocycles. The van der Waals surface area contributed by atoms with Gasteiger partial charge in [0.1, 0.15) is 0 Å². The average Bonchev–Trinajstić information content (AvgIpc) is 3.12. The molecule has 2 heterocycles. The average molecular weight is 327 g/mol. The minimum absolute atomic E-state index is 0.580. The highest BCUT2D eigenvalue weighted by atomic mass is 32.2. The number of hydrogen-bond acceptors (Lipinski definition) is 5. The van der Waals surface area contributed by atoms with Gasteiger partial charge in [-0.15, -0.1) is 0 Å². The maximum absolute atomic E-state index is 5.42. The van der Waals surface area contributed by atoms with Crippen LogP contribution in [0, 0.1) is 4.77 Å². The summed E-state index contributed by atoms with van der Waals surface area (Å²) in [4.78, 5) is 0. The first-order chi connectivity index (χ1) is 10.8. The molecule has 2 N–H and O–H groups in total. The lowest BCUT2D eigenvalue weighted by Gasteiger charge is -2.18. The van der Waals surface area contributed by atoms with Crippen molar-refractivity contribution in [3.05, 3.63) is 70.8 Å². The summed E-state index contributed by atoms with van der Waals surface area (Å²) in [5, 5.41) is 7.29. The van der Waals surface area contributed by atoms with Gasteiger partial charge in [0.05, 0.1) is 23.5 Å². The summed E-state index contributed by atoms with van der Waals surface area (Å²) in [6.45, 7) is 0. The van der Waals surface area contributed by atoms with Crippen molar-refractivity contribution < 1.29 is 0 Å². The number of para-hydroxylation sites is 2. The van der Waals surface area contributed by atoms with Crippen molar-refractivity contribution in [1.82, 2.24) is 14.9 Å². The van der Waals surface area contributed by atoms with Crippen LogP contribution < -0.4 is 9.14 Å². The number of nitrogens with zero attached hydrogens (tertiary/aromatic N) is 3. The van der Waals surface area contributed by atoms with Crippen molar-refractivity contribution in [2.24, 2.45) is 0 Å². The van der Waals surface area contributed by atoms with Crippen LogP contribution in [-0.2, 0) is 6.42 Å². The lowest BCUT2D eigenvalue weighted by atomic mass is 10.1. The number of fused-ring (bicyclic) bond motifs is 1. The molecule has 0 unspecified atom stereocenters. The third-order valence-corrected chi connectivity index (χ3v) is 4.56. The Labute approximate surface area is 137 Å². The van der Waals surface area contributed by atoms with Gasteiger partial charge in [-0.25, -0.2) is 0 Å². The van der Waals surface area contributed by atoms with Gasteiger partial charge < -0.3 is 4.72 Å². The number of H-pyrrole nitrogens is 1. The van der Waals surface area contributed by atoms with Crippen LogP contribution in [0.2, 0.25) is 0 Å². The van der Waals surface area contributed by atoms with E-state index in [9.17, 15) is 0 Å². The van der Waals surface area contributed by atoms with Crippen molar-refractivity contribution in [2.75, 3.05) is 9.14 Å². The normalized spacial score (nSPS) is 13.0. The molecule has 7 heteroatoms. The van der Waals surface area contributed by atoms with Gasteiger partial charge >= 0.3 is 0 Å². The van der Waals surface area contributed by atoms with Crippen LogP contribution in [0.5, 0.6) is 0 Å². The Hall–Kier alpha value is -2.25. The van der Waals surface area contributed by atoms with Crippen LogP contribution in [0.1, 0.15) is 11.4 Å². The quantitative estimate of drug-likeness (QED) is 0.566. The Morgan fingerprint density at radius 1 is 1.05 bits per heavy atom. The first-order valence-corrected chi connectivity index (χ1v) is 8.04. The van der Waals surface area contributed by atoms with Gasteiger partial charge in [-0.1, -0.05) is 42.5 Å². The minimum atomic E-state index is 0.580. The summed E-state index contributed by atoms with van der Waals surface area (Å²) < 4.78 is 7.83. The third kappa shape index (κ3) is 2.28. The molecule has 0 atom stereocenters. The second-order valence-corrected chi connectivity index (χ2v) is 6.02. The van der Waals surface area contributed by atoms with Gasteiger partial charge in [0.2, 0.25) is 4.77 Å². The van der Waals surface area contributed by atoms with E-state index in [-0.39, 0.29) is 0 Å². The van der Waals surface area contributed by atoms with E-state index in [1.54, 1.807) is 0 Å². The van der Waals surface area contributed by atoms with E-state index in [0.29, 0.717) is 11.2 Å². The summed E-state index contributed by atoms with van der Waals surface area (Å²) in [5.74, 6) is 0.877. The number of benzene rings is 2. The molecule has 3 aromatic rings. The van der Waals surface area contributed by atoms with Crippen LogP contribution in [0.15, 0.2) is 54.6 Å². The molecule has 4 rings (SSSR count). The van der Waals surface area contributed by atoms with Gasteiger partial charge in [0.15, 0.2) is 5.82 Å². The summed E-state index contributed by atoms with van der Waals surface area (Å²) in [5.41, 5.74) is 3.34. The molecule has 22 heavy (non-hydrogen) atoms. The lowest BCUT2D eigenvalue weighted by Crippen LogP contribution is -2.22. The van der Waals surface area contributed by atoms with E-state index in [0.717, 1.165) is 17.2 Å². The van der Waals surface area contributed by atoms with Crippen molar-refractivity contribution in [3.63, 3.8) is 0 Å². The van der Waals surface area contributed by atoms with Crippen molar-refractivity contribution in [1.29, 1.82) is 0 Å². The summed E-state index contributed by atoms with van der Waals surface area (Å²) in [6, 6.07) is 18.4. The molecule has 0 aliphatic carbocycles. The zero-order chi connectivity index (χ0) is 14.9. The van der Waals surface area contributed by atoms with E-state index in [4.69, 9.17) is 12.2 Å². The fourth-order valence-corrected chi connectivity index (χ4v) is 3.58. The maximum Gasteiger partial charge on any atom is 0.215 e. The second-order valence-electron chi connectivity index (χ2n) is 4.90. The van der Waals surface area contributed by atoms with Crippen LogP contribution in [-0.4, -0.2) is 14.9 Å². The SMILES string of the molecule is S=c1[nH]nc(Cc2ccccc2)n1N1SNc2ccccc21. The Bertz CT molecular complexity index is 856. The van der Waals surface area contributed by atoms with Crippen molar-refractivity contribution in [2.45, 2.75) is 6.42 Å².